The number of rotatable bonds is 2. The summed E-state index contributed by atoms with van der Waals surface area (Å²) in [6.45, 7) is 1.76. The highest BCUT2D eigenvalue weighted by atomic mass is 19.1. The molecule has 1 N–H and O–H groups in total. The minimum atomic E-state index is -0.188. The van der Waals surface area contributed by atoms with Crippen molar-refractivity contribution in [3.8, 4) is 11.4 Å². The second-order valence-electron chi connectivity index (χ2n) is 5.34. The molecule has 1 saturated carbocycles. The topological polar surface area (TPSA) is 41.6 Å². The van der Waals surface area contributed by atoms with E-state index in [1.54, 1.807) is 19.1 Å². The van der Waals surface area contributed by atoms with Crippen LogP contribution in [0.3, 0.4) is 0 Å². The summed E-state index contributed by atoms with van der Waals surface area (Å²) in [6.07, 6.45) is 6.26. The molecule has 1 aromatic carbocycles. The van der Waals surface area contributed by atoms with Crippen LogP contribution in [-0.4, -0.2) is 15.2 Å². The minimum Gasteiger partial charge on any atom is -0.262 e. The van der Waals surface area contributed by atoms with E-state index in [2.05, 4.69) is 15.2 Å². The van der Waals surface area contributed by atoms with Crippen molar-refractivity contribution in [2.24, 2.45) is 0 Å². The van der Waals surface area contributed by atoms with Gasteiger partial charge >= 0.3 is 0 Å². The lowest BCUT2D eigenvalue weighted by Gasteiger charge is -2.18. The molecule has 0 unspecified atom stereocenters. The molecule has 0 radical (unpaired) electrons. The Morgan fingerprint density at radius 2 is 2.00 bits per heavy atom. The molecule has 19 heavy (non-hydrogen) atoms. The van der Waals surface area contributed by atoms with Crippen molar-refractivity contribution in [3.05, 3.63) is 35.4 Å². The first-order valence-corrected chi connectivity index (χ1v) is 6.93. The summed E-state index contributed by atoms with van der Waals surface area (Å²) < 4.78 is 13.3. The summed E-state index contributed by atoms with van der Waals surface area (Å²) in [5.74, 6) is 1.98. The molecule has 0 spiro atoms. The van der Waals surface area contributed by atoms with E-state index in [-0.39, 0.29) is 5.82 Å². The van der Waals surface area contributed by atoms with E-state index in [0.29, 0.717) is 17.3 Å². The normalized spacial score (nSPS) is 16.7. The zero-order valence-electron chi connectivity index (χ0n) is 11.1. The zero-order chi connectivity index (χ0) is 13.2. The number of nitrogens with zero attached hydrogens (tertiary/aromatic N) is 2. The summed E-state index contributed by atoms with van der Waals surface area (Å²) in [5, 5.41) is 7.33. The molecule has 1 aromatic heterocycles. The largest absolute Gasteiger partial charge is 0.262 e. The fourth-order valence-electron chi connectivity index (χ4n) is 2.75. The molecular weight excluding hydrogens is 241 g/mol. The van der Waals surface area contributed by atoms with Crippen LogP contribution in [0.4, 0.5) is 4.39 Å². The van der Waals surface area contributed by atoms with Crippen molar-refractivity contribution < 1.29 is 4.39 Å². The predicted molar refractivity (Wildman–Crippen MR) is 72.3 cm³/mol. The third-order valence-corrected chi connectivity index (χ3v) is 3.91. The lowest BCUT2D eigenvalue weighted by atomic mass is 9.89. The van der Waals surface area contributed by atoms with Gasteiger partial charge in [0.15, 0.2) is 5.82 Å². The number of halogens is 1. The van der Waals surface area contributed by atoms with Crippen LogP contribution in [0, 0.1) is 12.7 Å². The second kappa shape index (κ2) is 5.11. The third-order valence-electron chi connectivity index (χ3n) is 3.91. The van der Waals surface area contributed by atoms with Gasteiger partial charge in [-0.25, -0.2) is 9.37 Å². The Hall–Kier alpha value is -1.71. The summed E-state index contributed by atoms with van der Waals surface area (Å²) in [4.78, 5) is 4.59. The van der Waals surface area contributed by atoms with Crippen LogP contribution >= 0.6 is 0 Å². The molecule has 4 heteroatoms. The smallest absolute Gasteiger partial charge is 0.181 e. The number of hydrogen-bond donors (Lipinski definition) is 1. The predicted octanol–water partition coefficient (Wildman–Crippen LogP) is 3.97. The van der Waals surface area contributed by atoms with E-state index in [4.69, 9.17) is 0 Å². The second-order valence-corrected chi connectivity index (χ2v) is 5.34. The molecule has 0 atom stereocenters. The maximum Gasteiger partial charge on any atom is 0.181 e. The number of aryl methyl sites for hydroxylation is 1. The Morgan fingerprint density at radius 1 is 1.21 bits per heavy atom. The molecule has 1 aliphatic carbocycles. The lowest BCUT2D eigenvalue weighted by Crippen LogP contribution is -2.06. The van der Waals surface area contributed by atoms with Crippen molar-refractivity contribution in [1.82, 2.24) is 15.2 Å². The monoisotopic (exact) mass is 259 g/mol. The van der Waals surface area contributed by atoms with E-state index in [1.807, 2.05) is 0 Å². The van der Waals surface area contributed by atoms with E-state index in [9.17, 15) is 4.39 Å². The minimum absolute atomic E-state index is 0.188. The molecule has 0 saturated heterocycles. The van der Waals surface area contributed by atoms with E-state index >= 15 is 0 Å². The summed E-state index contributed by atoms with van der Waals surface area (Å²) >= 11 is 0. The number of aromatic amines is 1. The van der Waals surface area contributed by atoms with Gasteiger partial charge in [0.1, 0.15) is 11.6 Å². The Balaban J connectivity index is 1.85. The van der Waals surface area contributed by atoms with Gasteiger partial charge in [0.25, 0.3) is 0 Å². The molecule has 1 aliphatic rings. The van der Waals surface area contributed by atoms with Crippen molar-refractivity contribution in [3.63, 3.8) is 0 Å². The Bertz CT molecular complexity index is 571. The first-order valence-electron chi connectivity index (χ1n) is 6.93. The molecule has 3 rings (SSSR count). The van der Waals surface area contributed by atoms with E-state index < -0.39 is 0 Å². The van der Waals surface area contributed by atoms with Crippen LogP contribution in [-0.2, 0) is 0 Å². The zero-order valence-corrected chi connectivity index (χ0v) is 11.1. The van der Waals surface area contributed by atoms with Gasteiger partial charge in [-0.3, -0.25) is 5.10 Å². The quantitative estimate of drug-likeness (QED) is 0.886. The van der Waals surface area contributed by atoms with Gasteiger partial charge in [-0.1, -0.05) is 19.3 Å². The Morgan fingerprint density at radius 3 is 2.74 bits per heavy atom. The van der Waals surface area contributed by atoms with Gasteiger partial charge in [0.2, 0.25) is 0 Å². The highest BCUT2D eigenvalue weighted by Gasteiger charge is 2.19. The van der Waals surface area contributed by atoms with Crippen molar-refractivity contribution in [2.45, 2.75) is 44.9 Å². The molecule has 0 amide bonds. The fraction of sp³-hybridized carbons (Fsp3) is 0.467. The first kappa shape index (κ1) is 12.3. The van der Waals surface area contributed by atoms with Crippen LogP contribution in [0.2, 0.25) is 0 Å². The van der Waals surface area contributed by atoms with Gasteiger partial charge in [-0.15, -0.1) is 0 Å². The Kier molecular flexibility index (Phi) is 3.32. The molecule has 2 aromatic rings. The summed E-state index contributed by atoms with van der Waals surface area (Å²) in [5.41, 5.74) is 1.50. The number of benzene rings is 1. The molecule has 1 fully saturated rings. The highest BCUT2D eigenvalue weighted by molar-refractivity contribution is 5.55. The molecule has 0 bridgehead atoms. The van der Waals surface area contributed by atoms with Crippen molar-refractivity contribution >= 4 is 0 Å². The average molecular weight is 259 g/mol. The lowest BCUT2D eigenvalue weighted by molar-refractivity contribution is 0.429. The number of nitrogens with one attached hydrogen (secondary N) is 1. The van der Waals surface area contributed by atoms with Crippen LogP contribution in [0.5, 0.6) is 0 Å². The summed E-state index contributed by atoms with van der Waals surface area (Å²) in [6, 6.07) is 5.00. The van der Waals surface area contributed by atoms with Crippen molar-refractivity contribution in [2.75, 3.05) is 0 Å². The molecule has 100 valence electrons. The maximum atomic E-state index is 13.3. The fourth-order valence-corrected chi connectivity index (χ4v) is 2.75. The first-order chi connectivity index (χ1) is 9.24. The SMILES string of the molecule is Cc1cc(-c2n[nH]c(C3CCCCC3)n2)ccc1F. The highest BCUT2D eigenvalue weighted by Crippen LogP contribution is 2.31. The number of hydrogen-bond acceptors (Lipinski definition) is 2. The van der Waals surface area contributed by atoms with Gasteiger partial charge in [-0.05, 0) is 43.5 Å². The average Bonchev–Trinajstić information content (AvgIpc) is 2.93. The van der Waals surface area contributed by atoms with Gasteiger partial charge in [0.05, 0.1) is 0 Å². The van der Waals surface area contributed by atoms with Gasteiger partial charge in [-0.2, -0.15) is 5.10 Å². The van der Waals surface area contributed by atoms with E-state index in [1.165, 1.54) is 38.2 Å². The van der Waals surface area contributed by atoms with Gasteiger partial charge < -0.3 is 0 Å². The van der Waals surface area contributed by atoms with Crippen LogP contribution in [0.25, 0.3) is 11.4 Å². The third kappa shape index (κ3) is 2.53. The standard InChI is InChI=1S/C15H18FN3/c1-10-9-12(7-8-13(10)16)15-17-14(18-19-15)11-5-3-2-4-6-11/h7-9,11H,2-6H2,1H3,(H,17,18,19). The Labute approximate surface area is 112 Å². The van der Waals surface area contributed by atoms with Crippen LogP contribution < -0.4 is 0 Å². The van der Waals surface area contributed by atoms with E-state index in [0.717, 1.165) is 11.4 Å². The maximum absolute atomic E-state index is 13.3. The van der Waals surface area contributed by atoms with Crippen molar-refractivity contribution in [1.29, 1.82) is 0 Å². The summed E-state index contributed by atoms with van der Waals surface area (Å²) in [7, 11) is 0. The van der Waals surface area contributed by atoms with Crippen LogP contribution in [0.1, 0.15) is 49.4 Å². The molecule has 3 nitrogen and oxygen atoms in total. The van der Waals surface area contributed by atoms with Crippen LogP contribution in [0.15, 0.2) is 18.2 Å². The molecule has 1 heterocycles. The van der Waals surface area contributed by atoms with Gasteiger partial charge in [0, 0.05) is 11.5 Å². The molecule has 0 aliphatic heterocycles. The number of H-pyrrole nitrogens is 1. The molecular formula is C15H18FN3. The number of aromatic nitrogens is 3.